The molecule has 3 aromatic rings. The van der Waals surface area contributed by atoms with Crippen LogP contribution in [0, 0.1) is 20.8 Å². The molecular formula is C23H25ClN2O3S. The average molecular weight is 445 g/mol. The van der Waals surface area contributed by atoms with Crippen LogP contribution in [0.3, 0.4) is 0 Å². The number of carbonyl (C=O) groups excluding carboxylic acids is 1. The van der Waals surface area contributed by atoms with Crippen LogP contribution in [0.5, 0.6) is 0 Å². The van der Waals surface area contributed by atoms with Gasteiger partial charge in [-0.25, -0.2) is 0 Å². The molecule has 0 aliphatic heterocycles. The molecule has 3 rings (SSSR count). The van der Waals surface area contributed by atoms with Gasteiger partial charge in [-0.1, -0.05) is 46.6 Å². The zero-order valence-electron chi connectivity index (χ0n) is 17.5. The lowest BCUT2D eigenvalue weighted by Gasteiger charge is -2.11. The highest BCUT2D eigenvalue weighted by Crippen LogP contribution is 2.33. The number of ether oxygens (including phenoxy) is 1. The fraction of sp³-hybridized carbons (Fsp3) is 0.304. The quantitative estimate of drug-likeness (QED) is 0.465. The molecule has 0 saturated heterocycles. The first-order chi connectivity index (χ1) is 14.4. The first-order valence-electron chi connectivity index (χ1n) is 9.56. The maximum absolute atomic E-state index is 12.6. The molecule has 0 bridgehead atoms. The molecule has 2 aromatic carbocycles. The fourth-order valence-corrected chi connectivity index (χ4v) is 4.55. The van der Waals surface area contributed by atoms with Crippen LogP contribution in [0.25, 0.3) is 11.1 Å². The van der Waals surface area contributed by atoms with Crippen LogP contribution in [-0.2, 0) is 21.9 Å². The van der Waals surface area contributed by atoms with Crippen molar-refractivity contribution < 1.29 is 14.1 Å². The zero-order chi connectivity index (χ0) is 21.7. The van der Waals surface area contributed by atoms with E-state index in [0.29, 0.717) is 27.9 Å². The molecule has 1 amide bonds. The molecule has 30 heavy (non-hydrogen) atoms. The Morgan fingerprint density at radius 3 is 2.47 bits per heavy atom. The summed E-state index contributed by atoms with van der Waals surface area (Å²) in [4.78, 5) is 12.6. The summed E-state index contributed by atoms with van der Waals surface area (Å²) in [6, 6.07) is 11.6. The summed E-state index contributed by atoms with van der Waals surface area (Å²) in [5.74, 6) is 1.27. The SMILES string of the molecule is COCc1noc(NC(=O)CSCc2c(C)cc(C)cc2C)c1-c1ccc(Cl)cc1. The number of benzene rings is 2. The van der Waals surface area contributed by atoms with Gasteiger partial charge in [0, 0.05) is 17.9 Å². The van der Waals surface area contributed by atoms with Crippen molar-refractivity contribution in [3.63, 3.8) is 0 Å². The predicted molar refractivity (Wildman–Crippen MR) is 123 cm³/mol. The third-order valence-corrected chi connectivity index (χ3v) is 5.96. The second-order valence-electron chi connectivity index (χ2n) is 7.19. The molecule has 158 valence electrons. The topological polar surface area (TPSA) is 64.4 Å². The van der Waals surface area contributed by atoms with Crippen LogP contribution in [-0.4, -0.2) is 23.9 Å². The van der Waals surface area contributed by atoms with Crippen LogP contribution >= 0.6 is 23.4 Å². The Morgan fingerprint density at radius 2 is 1.83 bits per heavy atom. The molecule has 1 N–H and O–H groups in total. The summed E-state index contributed by atoms with van der Waals surface area (Å²) >= 11 is 7.57. The van der Waals surface area contributed by atoms with Gasteiger partial charge >= 0.3 is 0 Å². The van der Waals surface area contributed by atoms with Gasteiger partial charge in [-0.2, -0.15) is 0 Å². The Morgan fingerprint density at radius 1 is 1.17 bits per heavy atom. The lowest BCUT2D eigenvalue weighted by molar-refractivity contribution is -0.113. The number of amides is 1. The van der Waals surface area contributed by atoms with Gasteiger partial charge in [-0.05, 0) is 55.2 Å². The minimum Gasteiger partial charge on any atom is -0.378 e. The lowest BCUT2D eigenvalue weighted by atomic mass is 10.0. The minimum atomic E-state index is -0.141. The fourth-order valence-electron chi connectivity index (χ4n) is 3.40. The van der Waals surface area contributed by atoms with Gasteiger partial charge in [0.2, 0.25) is 11.8 Å². The zero-order valence-corrected chi connectivity index (χ0v) is 19.1. The number of thioether (sulfide) groups is 1. The predicted octanol–water partition coefficient (Wildman–Crippen LogP) is 5.94. The van der Waals surface area contributed by atoms with Crippen LogP contribution in [0.15, 0.2) is 40.9 Å². The maximum atomic E-state index is 12.6. The third-order valence-electron chi connectivity index (χ3n) is 4.75. The highest BCUT2D eigenvalue weighted by atomic mass is 35.5. The number of aryl methyl sites for hydroxylation is 3. The van der Waals surface area contributed by atoms with Crippen molar-refractivity contribution in [3.05, 3.63) is 69.4 Å². The van der Waals surface area contributed by atoms with E-state index in [9.17, 15) is 4.79 Å². The van der Waals surface area contributed by atoms with Crippen molar-refractivity contribution in [2.24, 2.45) is 0 Å². The molecule has 0 aliphatic rings. The summed E-state index contributed by atoms with van der Waals surface area (Å²) in [6.45, 7) is 6.59. The highest BCUT2D eigenvalue weighted by Gasteiger charge is 2.20. The van der Waals surface area contributed by atoms with Gasteiger partial charge in [0.1, 0.15) is 5.69 Å². The van der Waals surface area contributed by atoms with Gasteiger partial charge in [0.15, 0.2) is 0 Å². The molecule has 7 heteroatoms. The van der Waals surface area contributed by atoms with Crippen LogP contribution in [0.1, 0.15) is 27.9 Å². The normalized spacial score (nSPS) is 11.0. The molecule has 1 heterocycles. The van der Waals surface area contributed by atoms with Gasteiger partial charge in [0.25, 0.3) is 0 Å². The van der Waals surface area contributed by atoms with E-state index in [1.165, 1.54) is 22.3 Å². The number of methoxy groups -OCH3 is 1. The number of rotatable bonds is 8. The molecule has 5 nitrogen and oxygen atoms in total. The minimum absolute atomic E-state index is 0.141. The molecule has 0 saturated carbocycles. The lowest BCUT2D eigenvalue weighted by Crippen LogP contribution is -2.14. The molecular weight excluding hydrogens is 420 g/mol. The molecule has 0 atom stereocenters. The number of hydrogen-bond acceptors (Lipinski definition) is 5. The molecule has 0 aliphatic carbocycles. The van der Waals surface area contributed by atoms with Gasteiger partial charge in [-0.3, -0.25) is 10.1 Å². The summed E-state index contributed by atoms with van der Waals surface area (Å²) < 4.78 is 10.6. The summed E-state index contributed by atoms with van der Waals surface area (Å²) in [6.07, 6.45) is 0. The second-order valence-corrected chi connectivity index (χ2v) is 8.61. The van der Waals surface area contributed by atoms with E-state index in [2.05, 4.69) is 43.4 Å². The smallest absolute Gasteiger partial charge is 0.239 e. The standard InChI is InChI=1S/C23H25ClN2O3S/c1-14-9-15(2)19(16(3)10-14)12-30-13-21(27)25-23-22(20(11-28-4)26-29-23)17-5-7-18(24)8-6-17/h5-10H,11-13H2,1-4H3,(H,25,27). The van der Waals surface area contributed by atoms with Crippen molar-refractivity contribution in [2.45, 2.75) is 33.1 Å². The van der Waals surface area contributed by atoms with E-state index >= 15 is 0 Å². The van der Waals surface area contributed by atoms with Crippen LogP contribution < -0.4 is 5.32 Å². The number of nitrogens with zero attached hydrogens (tertiary/aromatic N) is 1. The monoisotopic (exact) mass is 444 g/mol. The number of aromatic nitrogens is 1. The van der Waals surface area contributed by atoms with Crippen molar-refractivity contribution in [1.29, 1.82) is 0 Å². The number of carbonyl (C=O) groups is 1. The Labute approximate surface area is 186 Å². The Kier molecular flexibility index (Phi) is 7.58. The van der Waals surface area contributed by atoms with E-state index in [1.54, 1.807) is 31.0 Å². The summed E-state index contributed by atoms with van der Waals surface area (Å²) in [5, 5.41) is 7.54. The molecule has 0 spiro atoms. The number of nitrogens with one attached hydrogen (secondary N) is 1. The number of hydrogen-bond donors (Lipinski definition) is 1. The van der Waals surface area contributed by atoms with Gasteiger partial charge in [-0.15, -0.1) is 11.8 Å². The van der Waals surface area contributed by atoms with Crippen molar-refractivity contribution in [2.75, 3.05) is 18.2 Å². The summed E-state index contributed by atoms with van der Waals surface area (Å²) in [5.41, 5.74) is 7.22. The van der Waals surface area contributed by atoms with E-state index in [4.69, 9.17) is 20.9 Å². The maximum Gasteiger partial charge on any atom is 0.239 e. The third kappa shape index (κ3) is 5.45. The van der Waals surface area contributed by atoms with E-state index in [-0.39, 0.29) is 12.5 Å². The first-order valence-corrected chi connectivity index (χ1v) is 11.1. The first kappa shape index (κ1) is 22.4. The largest absolute Gasteiger partial charge is 0.378 e. The molecule has 0 radical (unpaired) electrons. The van der Waals surface area contributed by atoms with Gasteiger partial charge in [0.05, 0.1) is 17.9 Å². The van der Waals surface area contributed by atoms with Gasteiger partial charge < -0.3 is 9.26 Å². The molecule has 0 fully saturated rings. The van der Waals surface area contributed by atoms with Crippen molar-refractivity contribution in [3.8, 4) is 11.1 Å². The van der Waals surface area contributed by atoms with E-state index in [1.807, 2.05) is 12.1 Å². The Bertz CT molecular complexity index is 1010. The molecule has 1 aromatic heterocycles. The van der Waals surface area contributed by atoms with Crippen LogP contribution in [0.2, 0.25) is 5.02 Å². The number of halogens is 1. The van der Waals surface area contributed by atoms with Crippen molar-refractivity contribution >= 4 is 35.2 Å². The van der Waals surface area contributed by atoms with Crippen molar-refractivity contribution in [1.82, 2.24) is 5.16 Å². The Balaban J connectivity index is 1.69. The van der Waals surface area contributed by atoms with E-state index < -0.39 is 0 Å². The molecule has 0 unspecified atom stereocenters. The van der Waals surface area contributed by atoms with E-state index in [0.717, 1.165) is 11.3 Å². The highest BCUT2D eigenvalue weighted by molar-refractivity contribution is 7.99. The second kappa shape index (κ2) is 10.2. The average Bonchev–Trinajstić information content (AvgIpc) is 3.07. The summed E-state index contributed by atoms with van der Waals surface area (Å²) in [7, 11) is 1.59. The van der Waals surface area contributed by atoms with Crippen LogP contribution in [0.4, 0.5) is 5.88 Å². The Hall–Kier alpha value is -2.28. The number of anilines is 1.